The highest BCUT2D eigenvalue weighted by atomic mass is 16.5. The summed E-state index contributed by atoms with van der Waals surface area (Å²) in [5.74, 6) is 2.09. The lowest BCUT2D eigenvalue weighted by Crippen LogP contribution is -2.12. The third kappa shape index (κ3) is 4.55. The molecule has 0 fully saturated rings. The van der Waals surface area contributed by atoms with Crippen molar-refractivity contribution < 1.29 is 19.7 Å². The molecule has 0 radical (unpaired) electrons. The van der Waals surface area contributed by atoms with Gasteiger partial charge < -0.3 is 24.6 Å². The number of hydrogen-bond donors (Lipinski definition) is 2. The van der Waals surface area contributed by atoms with Gasteiger partial charge in [-0.05, 0) is 64.4 Å². The molecule has 0 saturated carbocycles. The van der Waals surface area contributed by atoms with Crippen LogP contribution in [0, 0.1) is 0 Å². The zero-order chi connectivity index (χ0) is 24.2. The second-order valence-electron chi connectivity index (χ2n) is 8.41. The Morgan fingerprint density at radius 3 is 2.06 bits per heavy atom. The summed E-state index contributed by atoms with van der Waals surface area (Å²) in [6.45, 7) is -0.284. The summed E-state index contributed by atoms with van der Waals surface area (Å²) < 4.78 is 11.2. The summed E-state index contributed by atoms with van der Waals surface area (Å²) >= 11 is 0. The number of nitrogens with zero attached hydrogens (tertiary/aromatic N) is 2. The van der Waals surface area contributed by atoms with Gasteiger partial charge in [-0.3, -0.25) is 0 Å². The van der Waals surface area contributed by atoms with Crippen LogP contribution >= 0.6 is 0 Å². The normalized spacial score (nSPS) is 11.0. The fourth-order valence-corrected chi connectivity index (χ4v) is 4.27. The van der Waals surface area contributed by atoms with Crippen LogP contribution in [0.2, 0.25) is 0 Å². The van der Waals surface area contributed by atoms with Crippen molar-refractivity contribution in [3.63, 3.8) is 0 Å². The van der Waals surface area contributed by atoms with E-state index in [1.165, 1.54) is 5.56 Å². The van der Waals surface area contributed by atoms with Gasteiger partial charge in [-0.2, -0.15) is 0 Å². The summed E-state index contributed by atoms with van der Waals surface area (Å²) in [6.07, 6.45) is 0.707. The Morgan fingerprint density at radius 2 is 1.44 bits per heavy atom. The van der Waals surface area contributed by atoms with Gasteiger partial charge in [-0.15, -0.1) is 0 Å². The molecule has 1 aromatic heterocycles. The molecule has 1 heterocycles. The Morgan fingerprint density at radius 1 is 0.794 bits per heavy atom. The number of aromatic nitrogens is 1. The van der Waals surface area contributed by atoms with Crippen LogP contribution in [0.15, 0.2) is 60.7 Å². The topological polar surface area (TPSA) is 75.0 Å². The van der Waals surface area contributed by atoms with E-state index in [-0.39, 0.29) is 13.2 Å². The number of benzene rings is 3. The van der Waals surface area contributed by atoms with E-state index in [0.717, 1.165) is 33.4 Å². The van der Waals surface area contributed by atoms with Gasteiger partial charge in [0.05, 0.1) is 33.1 Å². The summed E-state index contributed by atoms with van der Waals surface area (Å²) in [4.78, 5) is 6.98. The monoisotopic (exact) mass is 458 g/mol. The van der Waals surface area contributed by atoms with Crippen LogP contribution < -0.4 is 14.4 Å². The van der Waals surface area contributed by atoms with Gasteiger partial charge in [0.25, 0.3) is 0 Å². The van der Waals surface area contributed by atoms with Gasteiger partial charge in [-0.1, -0.05) is 30.3 Å². The Balaban J connectivity index is 1.98. The van der Waals surface area contributed by atoms with Crippen molar-refractivity contribution in [1.82, 2.24) is 4.98 Å². The molecule has 0 atom stereocenters. The second-order valence-corrected chi connectivity index (χ2v) is 8.41. The molecule has 4 rings (SSSR count). The number of aliphatic hydroxyl groups is 2. The lowest BCUT2D eigenvalue weighted by molar-refractivity contribution is 0.260. The molecule has 176 valence electrons. The molecule has 0 aliphatic carbocycles. The fourth-order valence-electron chi connectivity index (χ4n) is 4.27. The van der Waals surface area contributed by atoms with Crippen molar-refractivity contribution in [2.24, 2.45) is 0 Å². The maximum atomic E-state index is 9.84. The van der Waals surface area contributed by atoms with Crippen molar-refractivity contribution in [3.8, 4) is 22.8 Å². The van der Waals surface area contributed by atoms with Crippen molar-refractivity contribution in [2.75, 3.05) is 33.2 Å². The first-order chi connectivity index (χ1) is 16.5. The van der Waals surface area contributed by atoms with E-state index in [2.05, 4.69) is 12.1 Å². The average molecular weight is 459 g/mol. The molecular weight excluding hydrogens is 428 g/mol. The van der Waals surface area contributed by atoms with Crippen molar-refractivity contribution in [2.45, 2.75) is 19.6 Å². The lowest BCUT2D eigenvalue weighted by Gasteiger charge is -2.20. The van der Waals surface area contributed by atoms with E-state index >= 15 is 0 Å². The van der Waals surface area contributed by atoms with Crippen molar-refractivity contribution in [3.05, 3.63) is 82.9 Å². The van der Waals surface area contributed by atoms with Gasteiger partial charge in [0.1, 0.15) is 5.82 Å². The molecule has 0 amide bonds. The number of rotatable bonds is 8. The second kappa shape index (κ2) is 10.1. The Hall–Kier alpha value is -3.61. The molecular formula is C28H30N2O4. The summed E-state index contributed by atoms with van der Waals surface area (Å²) in [5, 5.41) is 21.5. The van der Waals surface area contributed by atoms with Crippen LogP contribution in [-0.2, 0) is 19.6 Å². The minimum Gasteiger partial charge on any atom is -0.493 e. The molecule has 0 spiro atoms. The smallest absolute Gasteiger partial charge is 0.161 e. The highest BCUT2D eigenvalue weighted by molar-refractivity contribution is 5.96. The molecule has 0 saturated heterocycles. The van der Waals surface area contributed by atoms with E-state index in [0.29, 0.717) is 29.0 Å². The average Bonchev–Trinajstić information content (AvgIpc) is 2.87. The number of anilines is 1. The molecule has 0 aliphatic rings. The van der Waals surface area contributed by atoms with Gasteiger partial charge >= 0.3 is 0 Å². The van der Waals surface area contributed by atoms with E-state index in [1.807, 2.05) is 67.5 Å². The summed E-state index contributed by atoms with van der Waals surface area (Å²) in [5.41, 5.74) is 5.39. The van der Waals surface area contributed by atoms with Crippen molar-refractivity contribution >= 4 is 16.6 Å². The van der Waals surface area contributed by atoms with Gasteiger partial charge in [0.15, 0.2) is 11.5 Å². The lowest BCUT2D eigenvalue weighted by atomic mass is 9.95. The first-order valence-corrected chi connectivity index (χ1v) is 11.1. The van der Waals surface area contributed by atoms with E-state index in [4.69, 9.17) is 14.5 Å². The molecule has 2 N–H and O–H groups in total. The zero-order valence-electron chi connectivity index (χ0n) is 20.0. The number of pyridine rings is 1. The maximum Gasteiger partial charge on any atom is 0.161 e. The van der Waals surface area contributed by atoms with Crippen LogP contribution in [0.4, 0.5) is 5.82 Å². The third-order valence-electron chi connectivity index (χ3n) is 6.02. The maximum absolute atomic E-state index is 9.84. The minimum atomic E-state index is -0.142. The minimum absolute atomic E-state index is 0.142. The predicted octanol–water partition coefficient (Wildman–Crippen LogP) is 4.56. The number of hydrogen-bond acceptors (Lipinski definition) is 6. The van der Waals surface area contributed by atoms with Crippen LogP contribution in [-0.4, -0.2) is 43.5 Å². The summed E-state index contributed by atoms with van der Waals surface area (Å²) in [6, 6.07) is 20.1. The Labute approximate surface area is 200 Å². The first kappa shape index (κ1) is 23.5. The van der Waals surface area contributed by atoms with Gasteiger partial charge in [0, 0.05) is 25.0 Å². The van der Waals surface area contributed by atoms with Crippen LogP contribution in [0.1, 0.15) is 22.3 Å². The quantitative estimate of drug-likeness (QED) is 0.403. The molecule has 6 nitrogen and oxygen atoms in total. The number of aliphatic hydroxyl groups excluding tert-OH is 2. The fraction of sp³-hybridized carbons (Fsp3) is 0.250. The molecule has 0 aliphatic heterocycles. The van der Waals surface area contributed by atoms with E-state index < -0.39 is 0 Å². The van der Waals surface area contributed by atoms with Crippen molar-refractivity contribution in [1.29, 1.82) is 0 Å². The van der Waals surface area contributed by atoms with Gasteiger partial charge in [0.2, 0.25) is 0 Å². The highest BCUT2D eigenvalue weighted by Crippen LogP contribution is 2.39. The molecule has 0 bridgehead atoms. The van der Waals surface area contributed by atoms with Crippen LogP contribution in [0.25, 0.3) is 22.0 Å². The Bertz CT molecular complexity index is 1300. The molecule has 34 heavy (non-hydrogen) atoms. The SMILES string of the molecule is COc1cc(Cc2ccccc2)c(-c2cc3cc(CO)c(CO)cc3c(N(C)C)n2)cc1OC. The summed E-state index contributed by atoms with van der Waals surface area (Å²) in [7, 11) is 7.16. The number of methoxy groups -OCH3 is 2. The molecule has 3 aromatic carbocycles. The predicted molar refractivity (Wildman–Crippen MR) is 136 cm³/mol. The number of ether oxygens (including phenoxy) is 2. The Kier molecular flexibility index (Phi) is 7.01. The molecule has 0 unspecified atom stereocenters. The molecule has 4 aromatic rings. The highest BCUT2D eigenvalue weighted by Gasteiger charge is 2.18. The third-order valence-corrected chi connectivity index (χ3v) is 6.02. The first-order valence-electron chi connectivity index (χ1n) is 11.1. The zero-order valence-corrected chi connectivity index (χ0v) is 20.0. The van der Waals surface area contributed by atoms with Gasteiger partial charge in [-0.25, -0.2) is 4.98 Å². The van der Waals surface area contributed by atoms with E-state index in [9.17, 15) is 10.2 Å². The number of fused-ring (bicyclic) bond motifs is 1. The van der Waals surface area contributed by atoms with Crippen LogP contribution in [0.3, 0.4) is 0 Å². The standard InChI is InChI=1S/C28H30N2O4/c1-30(2)28-24-12-22(17-32)21(16-31)11-20(24)13-25(29-28)23-15-27(34-4)26(33-3)14-19(23)10-18-8-6-5-7-9-18/h5-9,11-15,31-32H,10,16-17H2,1-4H3. The van der Waals surface area contributed by atoms with Crippen LogP contribution in [0.5, 0.6) is 11.5 Å². The molecule has 6 heteroatoms. The largest absolute Gasteiger partial charge is 0.493 e. The van der Waals surface area contributed by atoms with E-state index in [1.54, 1.807) is 14.2 Å².